The molecule has 15 N–H and O–H groups in total. The lowest BCUT2D eigenvalue weighted by molar-refractivity contribution is -0.304. The molecule has 0 atom stereocenters. The van der Waals surface area contributed by atoms with Crippen LogP contribution in [0.15, 0.2) is 0 Å². The van der Waals surface area contributed by atoms with E-state index in [4.69, 9.17) is 35.8 Å². The van der Waals surface area contributed by atoms with Gasteiger partial charge in [-0.25, -0.2) is 15.7 Å². The fraction of sp³-hybridized carbons (Fsp3) is 0. The first-order valence-electron chi connectivity index (χ1n) is 2.54. The van der Waals surface area contributed by atoms with Gasteiger partial charge in [-0.15, -0.1) is 0 Å². The molecule has 0 saturated carbocycles. The topological polar surface area (TPSA) is 233 Å². The summed E-state index contributed by atoms with van der Waals surface area (Å²) >= 11 is 0. The highest BCUT2D eigenvalue weighted by molar-refractivity contribution is 7.45. The third-order valence-electron chi connectivity index (χ3n) is 0. The van der Waals surface area contributed by atoms with Crippen LogP contribution in [0.4, 0.5) is 0 Å². The molecular weight excluding hydrogens is 203 g/mol. The average Bonchev–Trinajstić information content (AvgIpc) is 1.50. The summed E-state index contributed by atoms with van der Waals surface area (Å²) < 4.78 is 8.88. The third-order valence-corrected chi connectivity index (χ3v) is 0. The second-order valence-electron chi connectivity index (χ2n) is 1.54. The number of hydrogen-bond donors (Lipinski definition) is 9. The molecule has 0 fully saturated rings. The second kappa shape index (κ2) is 8.90. The van der Waals surface area contributed by atoms with E-state index in [-0.39, 0.29) is 11.9 Å². The van der Waals surface area contributed by atoms with Gasteiger partial charge in [-0.2, -0.15) is 0 Å². The normalized spacial score (nSPS) is 8.31. The monoisotopic (exact) mass is 218 g/mol. The summed E-state index contributed by atoms with van der Waals surface area (Å²) in [4.78, 5) is 21.6. The Kier molecular flexibility index (Phi) is 12.2. The van der Waals surface area contributed by atoms with Crippen LogP contribution in [0, 0.1) is 5.41 Å². The van der Waals surface area contributed by atoms with Gasteiger partial charge in [-0.1, -0.05) is 0 Å². The Labute approximate surface area is 73.8 Å². The van der Waals surface area contributed by atoms with Crippen molar-refractivity contribution in [3.05, 3.63) is 0 Å². The fourth-order valence-corrected chi connectivity index (χ4v) is 0. The Morgan fingerprint density at radius 1 is 1.31 bits per heavy atom. The van der Waals surface area contributed by atoms with Crippen molar-refractivity contribution < 1.29 is 30.4 Å². The predicted molar refractivity (Wildman–Crippen MR) is 44.4 cm³/mol. The Balaban J connectivity index is -0.000000117. The number of phosphoric acid groups is 1. The first kappa shape index (κ1) is 17.8. The van der Waals surface area contributed by atoms with Crippen molar-refractivity contribution in [3.63, 3.8) is 0 Å². The molecule has 0 rings (SSSR count). The van der Waals surface area contributed by atoms with Gasteiger partial charge in [0, 0.05) is 0 Å². The zero-order valence-corrected chi connectivity index (χ0v) is 7.61. The van der Waals surface area contributed by atoms with Gasteiger partial charge in [0.15, 0.2) is 5.96 Å². The highest BCUT2D eigenvalue weighted by Gasteiger charge is 2.00. The van der Waals surface area contributed by atoms with Crippen LogP contribution in [0.5, 0.6) is 0 Å². The molecule has 0 aliphatic rings. The molecule has 0 amide bonds. The first-order chi connectivity index (χ1) is 5.46. The zero-order valence-electron chi connectivity index (χ0n) is 6.71. The van der Waals surface area contributed by atoms with Crippen molar-refractivity contribution in [2.45, 2.75) is 0 Å². The lowest BCUT2D eigenvalue weighted by Crippen LogP contribution is -2.74. The molecule has 0 spiro atoms. The molecule has 0 aromatic heterocycles. The summed E-state index contributed by atoms with van der Waals surface area (Å²) in [5.41, 5.74) is 16.8. The van der Waals surface area contributed by atoms with Crippen molar-refractivity contribution >= 4 is 19.7 Å². The summed E-state index contributed by atoms with van der Waals surface area (Å²) in [6.07, 6.45) is 0. The molecule has 0 aromatic rings. The van der Waals surface area contributed by atoms with Crippen LogP contribution in [0.2, 0.25) is 0 Å². The number of guanidine groups is 2. The van der Waals surface area contributed by atoms with E-state index in [1.807, 2.05) is 0 Å². The van der Waals surface area contributed by atoms with Gasteiger partial charge in [0.2, 0.25) is 0 Å². The molecule has 0 bridgehead atoms. The van der Waals surface area contributed by atoms with Gasteiger partial charge in [-0.3, -0.25) is 11.1 Å². The molecule has 0 heterocycles. The van der Waals surface area contributed by atoms with Crippen LogP contribution in [-0.2, 0) is 4.57 Å². The largest absolute Gasteiger partial charge is 0.466 e. The summed E-state index contributed by atoms with van der Waals surface area (Å²) in [5.74, 6) is -0.167. The van der Waals surface area contributed by atoms with E-state index in [1.165, 1.54) is 0 Å². The molecular formula is C2H15N6O4P+2. The molecule has 0 aromatic carbocycles. The van der Waals surface area contributed by atoms with Crippen molar-refractivity contribution in [1.82, 2.24) is 0 Å². The van der Waals surface area contributed by atoms with Gasteiger partial charge in [0.25, 0.3) is 0 Å². The van der Waals surface area contributed by atoms with E-state index >= 15 is 0 Å². The predicted octanol–water partition coefficient (Wildman–Crippen LogP) is -5.79. The third kappa shape index (κ3) is 592. The molecule has 0 aliphatic carbocycles. The maximum atomic E-state index is 8.88. The minimum atomic E-state index is -4.64. The first-order valence-corrected chi connectivity index (χ1v) is 4.11. The molecule has 10 nitrogen and oxygen atoms in total. The molecule has 11 heteroatoms. The van der Waals surface area contributed by atoms with Crippen LogP contribution < -0.4 is 28.3 Å². The van der Waals surface area contributed by atoms with Crippen molar-refractivity contribution in [3.8, 4) is 0 Å². The highest BCUT2D eigenvalue weighted by atomic mass is 31.2. The maximum Gasteiger partial charge on any atom is 0.466 e. The van der Waals surface area contributed by atoms with E-state index in [0.29, 0.717) is 0 Å². The fourth-order valence-electron chi connectivity index (χ4n) is 0. The second-order valence-corrected chi connectivity index (χ2v) is 2.57. The van der Waals surface area contributed by atoms with E-state index in [0.717, 1.165) is 0 Å². The van der Waals surface area contributed by atoms with Crippen molar-refractivity contribution in [2.75, 3.05) is 0 Å². The average molecular weight is 218 g/mol. The molecule has 0 saturated heterocycles. The Morgan fingerprint density at radius 2 is 1.31 bits per heavy atom. The van der Waals surface area contributed by atoms with Crippen molar-refractivity contribution in [1.29, 1.82) is 5.41 Å². The van der Waals surface area contributed by atoms with Crippen molar-refractivity contribution in [2.24, 2.45) is 17.2 Å². The quantitative estimate of drug-likeness (QED) is 0.108. The Morgan fingerprint density at radius 3 is 1.31 bits per heavy atom. The summed E-state index contributed by atoms with van der Waals surface area (Å²) in [5, 5.41) is 10.8. The van der Waals surface area contributed by atoms with Gasteiger partial charge in [0.05, 0.1) is 0 Å². The lowest BCUT2D eigenvalue weighted by atomic mass is 11.1. The standard InChI is InChI=1S/2CH5N3.H3O4P/c2*2-1(3)4;1-5(2,3)4/h2*(H5,2,3,4);(H3,1,2,3,4)/p+2. The lowest BCUT2D eigenvalue weighted by Gasteiger charge is -1.82. The Bertz CT molecular complexity index is 171. The molecule has 0 radical (unpaired) electrons. The number of nitrogens with two attached hydrogens (primary N) is 4. The number of hydrogen-bond acceptors (Lipinski definition) is 2. The molecule has 80 valence electrons. The van der Waals surface area contributed by atoms with Crippen LogP contribution in [0.1, 0.15) is 0 Å². The van der Waals surface area contributed by atoms with Gasteiger partial charge < -0.3 is 26.1 Å². The Hall–Kier alpha value is -1.19. The van der Waals surface area contributed by atoms with E-state index in [9.17, 15) is 0 Å². The van der Waals surface area contributed by atoms with Crippen LogP contribution in [0.3, 0.4) is 0 Å². The molecule has 0 unspecified atom stereocenters. The van der Waals surface area contributed by atoms with Crippen LogP contribution in [0.25, 0.3) is 0 Å². The number of rotatable bonds is 0. The molecule has 0 aliphatic heterocycles. The number of quaternary nitrogens is 1. The van der Waals surface area contributed by atoms with E-state index in [2.05, 4.69) is 17.2 Å². The van der Waals surface area contributed by atoms with E-state index in [1.54, 1.807) is 0 Å². The van der Waals surface area contributed by atoms with Crippen LogP contribution in [-0.4, -0.2) is 26.6 Å². The minimum Gasteiger partial charge on any atom is -0.370 e. The summed E-state index contributed by atoms with van der Waals surface area (Å²) in [6.45, 7) is 0. The smallest absolute Gasteiger partial charge is 0.370 e. The van der Waals surface area contributed by atoms with Gasteiger partial charge in [0.1, 0.15) is 0 Å². The van der Waals surface area contributed by atoms with Gasteiger partial charge in [-0.05, 0) is 0 Å². The van der Waals surface area contributed by atoms with E-state index < -0.39 is 7.82 Å². The van der Waals surface area contributed by atoms with Gasteiger partial charge >= 0.3 is 13.8 Å². The summed E-state index contributed by atoms with van der Waals surface area (Å²) in [6, 6.07) is 0. The summed E-state index contributed by atoms with van der Waals surface area (Å²) in [7, 11) is -4.64. The highest BCUT2D eigenvalue weighted by Crippen LogP contribution is 2.25. The molecule has 13 heavy (non-hydrogen) atoms. The minimum absolute atomic E-state index is 0.167. The maximum absolute atomic E-state index is 8.88. The zero-order chi connectivity index (χ0) is 11.7. The van der Waals surface area contributed by atoms with Crippen LogP contribution >= 0.6 is 7.82 Å². The SMILES string of the molecule is N=C(N)N.NC(=[NH2+])[NH3+].O=P(O)(O)O. The number of nitrogens with one attached hydrogen (secondary N) is 1.